The average molecular weight is 726 g/mol. The minimum Gasteiger partial charge on any atom is -0.480 e. The van der Waals surface area contributed by atoms with Gasteiger partial charge in [-0.15, -0.1) is 0 Å². The van der Waals surface area contributed by atoms with Crippen molar-refractivity contribution in [2.45, 2.75) is 148 Å². The fourth-order valence-electron chi connectivity index (χ4n) is 4.64. The number of esters is 1. The highest BCUT2D eigenvalue weighted by molar-refractivity contribution is 7.47. The zero-order valence-electron chi connectivity index (χ0n) is 31.0. The quantitative estimate of drug-likeness (QED) is 0.0249. The number of nitrogens with two attached hydrogens (primary N) is 1. The number of phosphoric ester groups is 1. The predicted molar refractivity (Wildman–Crippen MR) is 203 cm³/mol. The lowest BCUT2D eigenvalue weighted by molar-refractivity contribution is -0.154. The number of carbonyl (C=O) groups is 2. The molecule has 0 aromatic rings. The minimum absolute atomic E-state index is 0.00703. The second-order valence-corrected chi connectivity index (χ2v) is 13.8. The number of hydrogen-bond acceptors (Lipinski definition) is 8. The lowest BCUT2D eigenvalue weighted by atomic mass is 10.1. The third kappa shape index (κ3) is 34.1. The Bertz CT molecular complexity index is 1030. The zero-order chi connectivity index (χ0) is 37.0. The van der Waals surface area contributed by atoms with E-state index in [4.69, 9.17) is 24.8 Å². The van der Waals surface area contributed by atoms with Crippen LogP contribution in [0.15, 0.2) is 60.8 Å². The van der Waals surface area contributed by atoms with Gasteiger partial charge in [0.25, 0.3) is 0 Å². The first-order valence-corrected chi connectivity index (χ1v) is 20.3. The van der Waals surface area contributed by atoms with Crippen molar-refractivity contribution in [3.63, 3.8) is 0 Å². The van der Waals surface area contributed by atoms with Crippen molar-refractivity contribution in [1.82, 2.24) is 0 Å². The molecular formula is C39H68NO9P. The first kappa shape index (κ1) is 47.7. The predicted octanol–water partition coefficient (Wildman–Crippen LogP) is 9.69. The van der Waals surface area contributed by atoms with Crippen molar-refractivity contribution in [3.8, 4) is 0 Å². The van der Waals surface area contributed by atoms with E-state index in [0.717, 1.165) is 51.4 Å². The van der Waals surface area contributed by atoms with E-state index < -0.39 is 45.1 Å². The van der Waals surface area contributed by atoms with Gasteiger partial charge in [0.15, 0.2) is 0 Å². The summed E-state index contributed by atoms with van der Waals surface area (Å²) >= 11 is 0. The fraction of sp³-hybridized carbons (Fsp3) is 0.692. The lowest BCUT2D eigenvalue weighted by Crippen LogP contribution is -2.34. The molecule has 0 aliphatic heterocycles. The summed E-state index contributed by atoms with van der Waals surface area (Å²) in [5, 5.41) is 8.86. The molecule has 0 amide bonds. The highest BCUT2D eigenvalue weighted by Crippen LogP contribution is 2.43. The molecule has 0 radical (unpaired) electrons. The van der Waals surface area contributed by atoms with Crippen LogP contribution in [0.4, 0.5) is 0 Å². The van der Waals surface area contributed by atoms with E-state index in [9.17, 15) is 19.0 Å². The Labute approximate surface area is 302 Å². The topological polar surface area (TPSA) is 155 Å². The monoisotopic (exact) mass is 725 g/mol. The standard InChI is InChI=1S/C39H68NO9P/c1-3-5-7-9-11-13-15-16-17-18-19-20-21-23-25-27-29-31-38(41)49-36(34-47-50(44,45)48-35-37(40)39(42)43)33-46-32-30-28-26-24-22-14-12-10-8-6-4-2/h5,7,11,13,16-17,19-20,23,25,36-37H,3-4,6,8-10,12,14-15,18,21-22,24,26-35,40H2,1-2H3,(H,42,43)(H,44,45)/b7-5-,13-11-,17-16-,20-19-,25-23-. The molecule has 0 rings (SSSR count). The molecule has 0 aromatic carbocycles. The van der Waals surface area contributed by atoms with Crippen molar-refractivity contribution in [2.75, 3.05) is 26.4 Å². The average Bonchev–Trinajstić information content (AvgIpc) is 3.09. The molecule has 0 aromatic heterocycles. The van der Waals surface area contributed by atoms with Gasteiger partial charge in [0.1, 0.15) is 12.1 Å². The number of carboxylic acids is 1. The molecule has 0 spiro atoms. The van der Waals surface area contributed by atoms with Crippen molar-refractivity contribution in [1.29, 1.82) is 0 Å². The number of hydrogen-bond donors (Lipinski definition) is 3. The van der Waals surface area contributed by atoms with Gasteiger partial charge in [-0.3, -0.25) is 18.6 Å². The van der Waals surface area contributed by atoms with Gasteiger partial charge >= 0.3 is 19.8 Å². The Morgan fingerprint density at radius 3 is 1.66 bits per heavy atom. The van der Waals surface area contributed by atoms with E-state index in [1.807, 2.05) is 6.08 Å². The third-order valence-corrected chi connectivity index (χ3v) is 8.51. The van der Waals surface area contributed by atoms with Gasteiger partial charge in [0.05, 0.1) is 19.8 Å². The van der Waals surface area contributed by atoms with Gasteiger partial charge in [0.2, 0.25) is 0 Å². The zero-order valence-corrected chi connectivity index (χ0v) is 31.9. The maximum absolute atomic E-state index is 12.5. The summed E-state index contributed by atoms with van der Waals surface area (Å²) in [6, 6.07) is -1.48. The molecule has 50 heavy (non-hydrogen) atoms. The summed E-state index contributed by atoms with van der Waals surface area (Å²) in [4.78, 5) is 33.3. The number of allylic oxidation sites excluding steroid dienone is 10. The number of carboxylic acid groups (broad SMARTS) is 1. The second-order valence-electron chi connectivity index (χ2n) is 12.3. The normalized spacial score (nSPS) is 14.8. The van der Waals surface area contributed by atoms with Crippen LogP contribution >= 0.6 is 7.82 Å². The largest absolute Gasteiger partial charge is 0.480 e. The third-order valence-electron chi connectivity index (χ3n) is 7.56. The molecule has 0 saturated carbocycles. The number of aliphatic carboxylic acids is 1. The summed E-state index contributed by atoms with van der Waals surface area (Å²) in [6.07, 6.45) is 40.0. The number of phosphoric acid groups is 1. The van der Waals surface area contributed by atoms with Crippen molar-refractivity contribution in [3.05, 3.63) is 60.8 Å². The van der Waals surface area contributed by atoms with E-state index >= 15 is 0 Å². The van der Waals surface area contributed by atoms with Crippen molar-refractivity contribution >= 4 is 19.8 Å². The van der Waals surface area contributed by atoms with Crippen molar-refractivity contribution < 1.29 is 42.7 Å². The van der Waals surface area contributed by atoms with Crippen LogP contribution in [0.2, 0.25) is 0 Å². The summed E-state index contributed by atoms with van der Waals surface area (Å²) in [5.41, 5.74) is 5.33. The Morgan fingerprint density at radius 1 is 0.660 bits per heavy atom. The molecule has 0 fully saturated rings. The molecule has 0 saturated heterocycles. The Balaban J connectivity index is 4.43. The first-order chi connectivity index (χ1) is 24.2. The molecule has 0 aliphatic rings. The smallest absolute Gasteiger partial charge is 0.472 e. The highest BCUT2D eigenvalue weighted by Gasteiger charge is 2.27. The Kier molecular flexibility index (Phi) is 33.5. The van der Waals surface area contributed by atoms with Crippen LogP contribution in [-0.2, 0) is 32.7 Å². The summed E-state index contributed by atoms with van der Waals surface area (Å²) in [6.45, 7) is 3.66. The van der Waals surface area contributed by atoms with Crippen LogP contribution in [0.3, 0.4) is 0 Å². The molecule has 10 nitrogen and oxygen atoms in total. The van der Waals surface area contributed by atoms with Crippen LogP contribution in [0.25, 0.3) is 0 Å². The maximum atomic E-state index is 12.5. The molecular weight excluding hydrogens is 657 g/mol. The van der Waals surface area contributed by atoms with Gasteiger partial charge in [-0.25, -0.2) is 4.57 Å². The Hall–Kier alpha value is -2.33. The molecule has 3 unspecified atom stereocenters. The summed E-state index contributed by atoms with van der Waals surface area (Å²) in [7, 11) is -4.62. The van der Waals surface area contributed by atoms with Gasteiger partial charge in [-0.05, 0) is 51.4 Å². The number of ether oxygens (including phenoxy) is 2. The van der Waals surface area contributed by atoms with E-state index in [1.54, 1.807) is 0 Å². The summed E-state index contributed by atoms with van der Waals surface area (Å²) < 4.78 is 33.1. The maximum Gasteiger partial charge on any atom is 0.472 e. The summed E-state index contributed by atoms with van der Waals surface area (Å²) in [5.74, 6) is -1.84. The second kappa shape index (κ2) is 35.1. The van der Waals surface area contributed by atoms with Crippen LogP contribution < -0.4 is 5.73 Å². The number of unbranched alkanes of at least 4 members (excludes halogenated alkanes) is 11. The van der Waals surface area contributed by atoms with E-state index in [0.29, 0.717) is 19.4 Å². The van der Waals surface area contributed by atoms with Gasteiger partial charge in [-0.1, -0.05) is 139 Å². The number of carbonyl (C=O) groups excluding carboxylic acids is 1. The van der Waals surface area contributed by atoms with Crippen LogP contribution in [0.5, 0.6) is 0 Å². The first-order valence-electron chi connectivity index (χ1n) is 18.8. The van der Waals surface area contributed by atoms with Crippen LogP contribution in [0, 0.1) is 0 Å². The van der Waals surface area contributed by atoms with Crippen molar-refractivity contribution in [2.24, 2.45) is 5.73 Å². The van der Waals surface area contributed by atoms with E-state index in [-0.39, 0.29) is 13.0 Å². The molecule has 0 bridgehead atoms. The molecule has 3 atom stereocenters. The SMILES string of the molecule is CC/C=C\C/C=C\C/C=C\C/C=C\C/C=C\CCCC(=O)OC(COCCCCCCCCCCCCC)COP(=O)(O)OCC(N)C(=O)O. The lowest BCUT2D eigenvalue weighted by Gasteiger charge is -2.20. The van der Waals surface area contributed by atoms with Crippen LogP contribution in [0.1, 0.15) is 136 Å². The van der Waals surface area contributed by atoms with Gasteiger partial charge in [0, 0.05) is 13.0 Å². The molecule has 0 aliphatic carbocycles. The van der Waals surface area contributed by atoms with Gasteiger partial charge < -0.3 is 25.2 Å². The molecule has 0 heterocycles. The van der Waals surface area contributed by atoms with E-state index in [2.05, 4.69) is 73.1 Å². The fourth-order valence-corrected chi connectivity index (χ4v) is 5.42. The Morgan fingerprint density at radius 2 is 1.14 bits per heavy atom. The molecule has 288 valence electrons. The van der Waals surface area contributed by atoms with E-state index in [1.165, 1.54) is 51.4 Å². The minimum atomic E-state index is -4.62. The molecule has 11 heteroatoms. The van der Waals surface area contributed by atoms with Gasteiger partial charge in [-0.2, -0.15) is 0 Å². The van der Waals surface area contributed by atoms with Crippen LogP contribution in [-0.4, -0.2) is 60.5 Å². The molecule has 4 N–H and O–H groups in total. The number of rotatable bonds is 35. The highest BCUT2D eigenvalue weighted by atomic mass is 31.2.